The molecule has 0 aliphatic carbocycles. The van der Waals surface area contributed by atoms with Gasteiger partial charge in [-0.1, -0.05) is 23.7 Å². The molecule has 0 saturated heterocycles. The van der Waals surface area contributed by atoms with Crippen LogP contribution >= 0.6 is 23.4 Å². The molecule has 0 atom stereocenters. The van der Waals surface area contributed by atoms with Gasteiger partial charge in [0, 0.05) is 28.5 Å². The summed E-state index contributed by atoms with van der Waals surface area (Å²) in [5, 5.41) is 15.3. The number of nitro groups is 1. The van der Waals surface area contributed by atoms with Gasteiger partial charge in [-0.05, 0) is 23.8 Å². The minimum atomic E-state index is -0.511. The summed E-state index contributed by atoms with van der Waals surface area (Å²) in [6.45, 7) is 0. The standard InChI is InChI=1S/C17H16ClN3O4S/c1-25-16-7-6-15(21(23)24)8-13(16)9-19-20-17(22)11-26-10-12-2-4-14(18)5-3-12/h2-9H,10-11H2,1H3,(H,20,22)/b19-9-. The summed E-state index contributed by atoms with van der Waals surface area (Å²) in [5.41, 5.74) is 3.77. The second-order valence-electron chi connectivity index (χ2n) is 5.10. The lowest BCUT2D eigenvalue weighted by molar-refractivity contribution is -0.384. The summed E-state index contributed by atoms with van der Waals surface area (Å²) < 4.78 is 5.12. The molecule has 1 N–H and O–H groups in total. The number of hydrogen-bond acceptors (Lipinski definition) is 6. The Kier molecular flexibility index (Phi) is 7.43. The normalized spacial score (nSPS) is 10.7. The fourth-order valence-electron chi connectivity index (χ4n) is 1.98. The van der Waals surface area contributed by atoms with Gasteiger partial charge in [0.25, 0.3) is 5.69 Å². The van der Waals surface area contributed by atoms with Crippen molar-refractivity contribution in [2.45, 2.75) is 5.75 Å². The van der Waals surface area contributed by atoms with Gasteiger partial charge in [-0.2, -0.15) is 5.10 Å². The Hall–Kier alpha value is -2.58. The second-order valence-corrected chi connectivity index (χ2v) is 6.52. The van der Waals surface area contributed by atoms with Gasteiger partial charge in [-0.25, -0.2) is 5.43 Å². The van der Waals surface area contributed by atoms with Crippen molar-refractivity contribution in [3.8, 4) is 5.75 Å². The number of hydrazone groups is 1. The van der Waals surface area contributed by atoms with E-state index in [4.69, 9.17) is 16.3 Å². The first-order valence-corrected chi connectivity index (χ1v) is 8.99. The third kappa shape index (κ3) is 6.05. The van der Waals surface area contributed by atoms with E-state index in [2.05, 4.69) is 10.5 Å². The smallest absolute Gasteiger partial charge is 0.270 e. The zero-order valence-corrected chi connectivity index (χ0v) is 15.4. The zero-order valence-electron chi connectivity index (χ0n) is 13.8. The van der Waals surface area contributed by atoms with Crippen LogP contribution in [0.1, 0.15) is 11.1 Å². The van der Waals surface area contributed by atoms with Crippen molar-refractivity contribution in [3.63, 3.8) is 0 Å². The summed E-state index contributed by atoms with van der Waals surface area (Å²) in [5.74, 6) is 1.05. The highest BCUT2D eigenvalue weighted by Crippen LogP contribution is 2.22. The number of non-ortho nitro benzene ring substituents is 1. The number of carbonyl (C=O) groups excluding carboxylic acids is 1. The number of halogens is 1. The molecule has 0 unspecified atom stereocenters. The first-order valence-electron chi connectivity index (χ1n) is 7.46. The zero-order chi connectivity index (χ0) is 18.9. The van der Waals surface area contributed by atoms with E-state index < -0.39 is 4.92 Å². The summed E-state index contributed by atoms with van der Waals surface area (Å²) in [6.07, 6.45) is 1.31. The molecule has 0 spiro atoms. The molecule has 0 aliphatic rings. The van der Waals surface area contributed by atoms with Crippen molar-refractivity contribution in [1.29, 1.82) is 0 Å². The van der Waals surface area contributed by atoms with Gasteiger partial charge in [0.2, 0.25) is 5.91 Å². The summed E-state index contributed by atoms with van der Waals surface area (Å²) >= 11 is 7.26. The first kappa shape index (κ1) is 19.7. The number of benzene rings is 2. The summed E-state index contributed by atoms with van der Waals surface area (Å²) in [7, 11) is 1.45. The number of nitrogens with zero attached hydrogens (tertiary/aromatic N) is 2. The Morgan fingerprint density at radius 2 is 2.08 bits per heavy atom. The maximum absolute atomic E-state index is 11.8. The van der Waals surface area contributed by atoms with E-state index >= 15 is 0 Å². The Morgan fingerprint density at radius 3 is 2.73 bits per heavy atom. The predicted octanol–water partition coefficient (Wildman–Crippen LogP) is 3.64. The molecule has 2 aromatic carbocycles. The third-order valence-corrected chi connectivity index (χ3v) is 4.49. The topological polar surface area (TPSA) is 93.8 Å². The van der Waals surface area contributed by atoms with Crippen LogP contribution in [0.2, 0.25) is 5.02 Å². The number of amides is 1. The molecule has 7 nitrogen and oxygen atoms in total. The number of rotatable bonds is 8. The number of ether oxygens (including phenoxy) is 1. The van der Waals surface area contributed by atoms with Crippen molar-refractivity contribution in [1.82, 2.24) is 5.43 Å². The highest BCUT2D eigenvalue weighted by atomic mass is 35.5. The molecule has 136 valence electrons. The molecule has 0 heterocycles. The molecule has 0 radical (unpaired) electrons. The molecule has 0 saturated carbocycles. The molecule has 0 aromatic heterocycles. The molecular weight excluding hydrogens is 378 g/mol. The maximum atomic E-state index is 11.8. The number of nitro benzene ring substituents is 1. The van der Waals surface area contributed by atoms with Gasteiger partial charge in [-0.15, -0.1) is 11.8 Å². The van der Waals surface area contributed by atoms with Gasteiger partial charge >= 0.3 is 0 Å². The Morgan fingerprint density at radius 1 is 1.35 bits per heavy atom. The van der Waals surface area contributed by atoms with Gasteiger partial charge < -0.3 is 4.74 Å². The van der Waals surface area contributed by atoms with Crippen LogP contribution in [0.4, 0.5) is 5.69 Å². The van der Waals surface area contributed by atoms with E-state index in [1.54, 1.807) is 12.1 Å². The molecule has 1 amide bonds. The average molecular weight is 394 g/mol. The quantitative estimate of drug-likeness (QED) is 0.419. The summed E-state index contributed by atoms with van der Waals surface area (Å²) in [4.78, 5) is 22.1. The monoisotopic (exact) mass is 393 g/mol. The Labute approximate surface area is 159 Å². The van der Waals surface area contributed by atoms with E-state index in [1.807, 2.05) is 12.1 Å². The SMILES string of the molecule is COc1ccc([N+](=O)[O-])cc1/C=N\NC(=O)CSCc1ccc(Cl)cc1. The van der Waals surface area contributed by atoms with Crippen molar-refractivity contribution < 1.29 is 14.5 Å². The number of hydrogen-bond donors (Lipinski definition) is 1. The molecule has 2 aromatic rings. The molecule has 26 heavy (non-hydrogen) atoms. The summed E-state index contributed by atoms with van der Waals surface area (Å²) in [6, 6.07) is 11.5. The van der Waals surface area contributed by atoms with Gasteiger partial charge in [0.15, 0.2) is 0 Å². The largest absolute Gasteiger partial charge is 0.496 e. The minimum Gasteiger partial charge on any atom is -0.496 e. The lowest BCUT2D eigenvalue weighted by atomic mass is 10.2. The van der Waals surface area contributed by atoms with Crippen LogP contribution in [0.15, 0.2) is 47.6 Å². The second kappa shape index (κ2) is 9.79. The van der Waals surface area contributed by atoms with E-state index in [9.17, 15) is 14.9 Å². The van der Waals surface area contributed by atoms with E-state index in [-0.39, 0.29) is 17.3 Å². The van der Waals surface area contributed by atoms with Crippen molar-refractivity contribution in [2.75, 3.05) is 12.9 Å². The van der Waals surface area contributed by atoms with Crippen LogP contribution in [-0.2, 0) is 10.5 Å². The van der Waals surface area contributed by atoms with Crippen LogP contribution in [0.25, 0.3) is 0 Å². The Bertz CT molecular complexity index is 812. The van der Waals surface area contributed by atoms with Crippen LogP contribution in [-0.4, -0.2) is 29.9 Å². The van der Waals surface area contributed by atoms with E-state index in [0.717, 1.165) is 5.56 Å². The molecule has 0 bridgehead atoms. The van der Waals surface area contributed by atoms with E-state index in [0.29, 0.717) is 22.1 Å². The molecule has 9 heteroatoms. The lowest BCUT2D eigenvalue weighted by Crippen LogP contribution is -2.19. The minimum absolute atomic E-state index is 0.0860. The van der Waals surface area contributed by atoms with Crippen LogP contribution in [0, 0.1) is 10.1 Å². The van der Waals surface area contributed by atoms with E-state index in [1.165, 1.54) is 43.3 Å². The van der Waals surface area contributed by atoms with Gasteiger partial charge in [0.1, 0.15) is 5.75 Å². The molecule has 0 aliphatic heterocycles. The number of methoxy groups -OCH3 is 1. The third-order valence-electron chi connectivity index (χ3n) is 3.23. The predicted molar refractivity (Wildman–Crippen MR) is 103 cm³/mol. The Balaban J connectivity index is 1.85. The van der Waals surface area contributed by atoms with Crippen molar-refractivity contribution in [3.05, 3.63) is 68.7 Å². The lowest BCUT2D eigenvalue weighted by Gasteiger charge is -2.04. The van der Waals surface area contributed by atoms with Gasteiger partial charge in [0.05, 0.1) is 24.0 Å². The molecular formula is C17H16ClN3O4S. The highest BCUT2D eigenvalue weighted by Gasteiger charge is 2.10. The fraction of sp³-hybridized carbons (Fsp3) is 0.176. The van der Waals surface area contributed by atoms with Crippen molar-refractivity contribution in [2.24, 2.45) is 5.10 Å². The van der Waals surface area contributed by atoms with Crippen molar-refractivity contribution >= 4 is 41.2 Å². The molecule has 2 rings (SSSR count). The number of thioether (sulfide) groups is 1. The van der Waals surface area contributed by atoms with Crippen LogP contribution in [0.3, 0.4) is 0 Å². The number of nitrogens with one attached hydrogen (secondary N) is 1. The first-order chi connectivity index (χ1) is 12.5. The highest BCUT2D eigenvalue weighted by molar-refractivity contribution is 7.99. The fourth-order valence-corrected chi connectivity index (χ4v) is 2.89. The van der Waals surface area contributed by atoms with Gasteiger partial charge in [-0.3, -0.25) is 14.9 Å². The maximum Gasteiger partial charge on any atom is 0.270 e. The van der Waals surface area contributed by atoms with Crippen LogP contribution < -0.4 is 10.2 Å². The van der Waals surface area contributed by atoms with Crippen LogP contribution in [0.5, 0.6) is 5.75 Å². The average Bonchev–Trinajstić information content (AvgIpc) is 2.63. The molecule has 0 fully saturated rings. The number of carbonyl (C=O) groups is 1.